The molecule has 1 aromatic heterocycles. The number of rotatable bonds is 6. The average Bonchev–Trinajstić information content (AvgIpc) is 2.50. The fourth-order valence-electron chi connectivity index (χ4n) is 2.27. The molecule has 0 aliphatic carbocycles. The number of nitrogens with one attached hydrogen (secondary N) is 1. The maximum Gasteiger partial charge on any atom is 0.118 e. The average molecular weight is 270 g/mol. The van der Waals surface area contributed by atoms with E-state index < -0.39 is 0 Å². The van der Waals surface area contributed by atoms with Crippen LogP contribution in [0.4, 0.5) is 0 Å². The summed E-state index contributed by atoms with van der Waals surface area (Å²) >= 11 is 0. The van der Waals surface area contributed by atoms with Gasteiger partial charge in [-0.25, -0.2) is 0 Å². The van der Waals surface area contributed by atoms with Crippen LogP contribution in [0, 0.1) is 6.92 Å². The first-order valence-corrected chi connectivity index (χ1v) is 7.01. The molecule has 3 heteroatoms. The van der Waals surface area contributed by atoms with Crippen LogP contribution in [0.1, 0.15) is 36.1 Å². The Bertz CT molecular complexity index is 537. The standard InChI is InChI=1S/C17H22N2O/c1-4-17(14-5-7-16(20-3)8-6-14)19-12-15-9-10-18-11-13(15)2/h5-11,17,19H,4,12H2,1-3H3. The number of hydrogen-bond acceptors (Lipinski definition) is 3. The minimum atomic E-state index is 0.355. The Labute approximate surface area is 121 Å². The molecule has 0 bridgehead atoms. The Morgan fingerprint density at radius 3 is 2.55 bits per heavy atom. The number of aromatic nitrogens is 1. The summed E-state index contributed by atoms with van der Waals surface area (Å²) in [4.78, 5) is 4.13. The highest BCUT2D eigenvalue weighted by Gasteiger charge is 2.09. The predicted molar refractivity (Wildman–Crippen MR) is 81.8 cm³/mol. The van der Waals surface area contributed by atoms with Crippen molar-refractivity contribution in [1.82, 2.24) is 10.3 Å². The van der Waals surface area contributed by atoms with E-state index in [1.165, 1.54) is 16.7 Å². The maximum atomic E-state index is 5.20. The third-order valence-electron chi connectivity index (χ3n) is 3.60. The molecule has 0 saturated carbocycles. The van der Waals surface area contributed by atoms with Crippen LogP contribution in [0.5, 0.6) is 5.75 Å². The van der Waals surface area contributed by atoms with E-state index in [1.807, 2.05) is 24.5 Å². The fourth-order valence-corrected chi connectivity index (χ4v) is 2.27. The summed E-state index contributed by atoms with van der Waals surface area (Å²) < 4.78 is 5.20. The van der Waals surface area contributed by atoms with Crippen molar-refractivity contribution in [3.05, 3.63) is 59.4 Å². The maximum absolute atomic E-state index is 5.20. The fraction of sp³-hybridized carbons (Fsp3) is 0.353. The van der Waals surface area contributed by atoms with Gasteiger partial charge in [-0.1, -0.05) is 19.1 Å². The van der Waals surface area contributed by atoms with Crippen LogP contribution in [0.25, 0.3) is 0 Å². The Hall–Kier alpha value is -1.87. The van der Waals surface area contributed by atoms with Crippen molar-refractivity contribution < 1.29 is 4.74 Å². The van der Waals surface area contributed by atoms with Crippen molar-refractivity contribution in [3.8, 4) is 5.75 Å². The van der Waals surface area contributed by atoms with Crippen molar-refractivity contribution >= 4 is 0 Å². The van der Waals surface area contributed by atoms with Crippen molar-refractivity contribution in [3.63, 3.8) is 0 Å². The number of nitrogens with zero attached hydrogens (tertiary/aromatic N) is 1. The van der Waals surface area contributed by atoms with E-state index in [9.17, 15) is 0 Å². The second kappa shape index (κ2) is 7.06. The summed E-state index contributed by atoms with van der Waals surface area (Å²) in [5, 5.41) is 3.61. The summed E-state index contributed by atoms with van der Waals surface area (Å²) in [6, 6.07) is 10.7. The zero-order valence-corrected chi connectivity index (χ0v) is 12.4. The molecule has 0 aliphatic rings. The largest absolute Gasteiger partial charge is 0.497 e. The molecule has 0 spiro atoms. The summed E-state index contributed by atoms with van der Waals surface area (Å²) in [5.74, 6) is 0.897. The van der Waals surface area contributed by atoms with Crippen molar-refractivity contribution in [2.75, 3.05) is 7.11 Å². The first-order valence-electron chi connectivity index (χ1n) is 7.01. The predicted octanol–water partition coefficient (Wildman–Crippen LogP) is 3.64. The van der Waals surface area contributed by atoms with E-state index in [2.05, 4.69) is 42.3 Å². The lowest BCUT2D eigenvalue weighted by atomic mass is 10.0. The van der Waals surface area contributed by atoms with E-state index in [0.29, 0.717) is 6.04 Å². The third kappa shape index (κ3) is 3.58. The van der Waals surface area contributed by atoms with Gasteiger partial charge in [-0.3, -0.25) is 4.98 Å². The molecule has 2 rings (SSSR count). The molecular formula is C17H22N2O. The first-order chi connectivity index (χ1) is 9.74. The lowest BCUT2D eigenvalue weighted by Crippen LogP contribution is -2.20. The number of benzene rings is 1. The molecule has 106 valence electrons. The monoisotopic (exact) mass is 270 g/mol. The van der Waals surface area contributed by atoms with Crippen LogP contribution in [0.3, 0.4) is 0 Å². The van der Waals surface area contributed by atoms with Crippen LogP contribution < -0.4 is 10.1 Å². The van der Waals surface area contributed by atoms with Gasteiger partial charge in [0.25, 0.3) is 0 Å². The third-order valence-corrected chi connectivity index (χ3v) is 3.60. The summed E-state index contributed by atoms with van der Waals surface area (Å²) in [6.45, 7) is 5.15. The van der Waals surface area contributed by atoms with Gasteiger partial charge in [0.05, 0.1) is 7.11 Å². The first kappa shape index (κ1) is 14.5. The van der Waals surface area contributed by atoms with Crippen LogP contribution in [-0.2, 0) is 6.54 Å². The second-order valence-corrected chi connectivity index (χ2v) is 4.92. The highest BCUT2D eigenvalue weighted by molar-refractivity contribution is 5.29. The molecule has 1 atom stereocenters. The zero-order chi connectivity index (χ0) is 14.4. The highest BCUT2D eigenvalue weighted by Crippen LogP contribution is 2.20. The van der Waals surface area contributed by atoms with Gasteiger partial charge in [0.2, 0.25) is 0 Å². The van der Waals surface area contributed by atoms with Gasteiger partial charge in [-0.15, -0.1) is 0 Å². The summed E-state index contributed by atoms with van der Waals surface area (Å²) in [6.07, 6.45) is 4.81. The second-order valence-electron chi connectivity index (χ2n) is 4.92. The van der Waals surface area contributed by atoms with Gasteiger partial charge >= 0.3 is 0 Å². The summed E-state index contributed by atoms with van der Waals surface area (Å²) in [5.41, 5.74) is 3.82. The van der Waals surface area contributed by atoms with E-state index in [0.717, 1.165) is 18.7 Å². The zero-order valence-electron chi connectivity index (χ0n) is 12.4. The topological polar surface area (TPSA) is 34.2 Å². The van der Waals surface area contributed by atoms with Crippen LogP contribution >= 0.6 is 0 Å². The Morgan fingerprint density at radius 1 is 1.20 bits per heavy atom. The van der Waals surface area contributed by atoms with Crippen molar-refractivity contribution in [2.24, 2.45) is 0 Å². The van der Waals surface area contributed by atoms with E-state index in [-0.39, 0.29) is 0 Å². The van der Waals surface area contributed by atoms with E-state index in [4.69, 9.17) is 4.74 Å². The van der Waals surface area contributed by atoms with E-state index >= 15 is 0 Å². The van der Waals surface area contributed by atoms with Gasteiger partial charge in [-0.2, -0.15) is 0 Å². The number of aryl methyl sites for hydroxylation is 1. The Balaban J connectivity index is 2.03. The molecule has 0 aliphatic heterocycles. The number of methoxy groups -OCH3 is 1. The van der Waals surface area contributed by atoms with Crippen molar-refractivity contribution in [2.45, 2.75) is 32.9 Å². The quantitative estimate of drug-likeness (QED) is 0.870. The minimum absolute atomic E-state index is 0.355. The van der Waals surface area contributed by atoms with Crippen molar-refractivity contribution in [1.29, 1.82) is 0 Å². The molecule has 0 fully saturated rings. The smallest absolute Gasteiger partial charge is 0.118 e. The SMILES string of the molecule is CCC(NCc1ccncc1C)c1ccc(OC)cc1. The van der Waals surface area contributed by atoms with Crippen LogP contribution in [-0.4, -0.2) is 12.1 Å². The lowest BCUT2D eigenvalue weighted by Gasteiger charge is -2.18. The number of hydrogen-bond donors (Lipinski definition) is 1. The van der Waals surface area contributed by atoms with Crippen LogP contribution in [0.2, 0.25) is 0 Å². The van der Waals surface area contributed by atoms with E-state index in [1.54, 1.807) is 7.11 Å². The van der Waals surface area contributed by atoms with Gasteiger partial charge < -0.3 is 10.1 Å². The molecule has 0 amide bonds. The number of ether oxygens (including phenoxy) is 1. The normalized spacial score (nSPS) is 12.2. The summed E-state index contributed by atoms with van der Waals surface area (Å²) in [7, 11) is 1.69. The Morgan fingerprint density at radius 2 is 1.95 bits per heavy atom. The molecule has 0 saturated heterocycles. The van der Waals surface area contributed by atoms with Gasteiger partial charge in [0.1, 0.15) is 5.75 Å². The molecule has 20 heavy (non-hydrogen) atoms. The molecule has 1 N–H and O–H groups in total. The van der Waals surface area contributed by atoms with Gasteiger partial charge in [0, 0.05) is 25.0 Å². The van der Waals surface area contributed by atoms with Crippen LogP contribution in [0.15, 0.2) is 42.7 Å². The highest BCUT2D eigenvalue weighted by atomic mass is 16.5. The molecule has 2 aromatic rings. The molecule has 1 heterocycles. The van der Waals surface area contributed by atoms with Gasteiger partial charge in [0.15, 0.2) is 0 Å². The molecule has 3 nitrogen and oxygen atoms in total. The number of pyridine rings is 1. The molecule has 1 unspecified atom stereocenters. The molecule has 0 radical (unpaired) electrons. The molecular weight excluding hydrogens is 248 g/mol. The molecule has 1 aromatic carbocycles. The lowest BCUT2D eigenvalue weighted by molar-refractivity contribution is 0.414. The minimum Gasteiger partial charge on any atom is -0.497 e. The van der Waals surface area contributed by atoms with Gasteiger partial charge in [-0.05, 0) is 48.2 Å². The Kier molecular flexibility index (Phi) is 5.13.